The van der Waals surface area contributed by atoms with Crippen LogP contribution in [0.1, 0.15) is 48.6 Å². The second kappa shape index (κ2) is 10.3. The molecule has 1 aromatic carbocycles. The molecule has 0 unspecified atom stereocenters. The molecule has 4 aromatic rings. The van der Waals surface area contributed by atoms with Crippen molar-refractivity contribution in [2.75, 3.05) is 26.3 Å². The van der Waals surface area contributed by atoms with Gasteiger partial charge in [0.25, 0.3) is 10.0 Å². The number of benzene rings is 1. The zero-order chi connectivity index (χ0) is 25.4. The van der Waals surface area contributed by atoms with Crippen LogP contribution in [0.15, 0.2) is 59.1 Å². The van der Waals surface area contributed by atoms with Gasteiger partial charge in [-0.2, -0.15) is 0 Å². The van der Waals surface area contributed by atoms with Gasteiger partial charge >= 0.3 is 0 Å². The van der Waals surface area contributed by atoms with Gasteiger partial charge in [0.15, 0.2) is 5.65 Å². The molecule has 0 atom stereocenters. The molecule has 1 aliphatic heterocycles. The van der Waals surface area contributed by atoms with Crippen LogP contribution in [-0.2, 0) is 14.8 Å². The van der Waals surface area contributed by atoms with Crippen LogP contribution in [0, 0.1) is 6.92 Å². The molecule has 9 heteroatoms. The molecule has 1 saturated carbocycles. The first-order chi connectivity index (χ1) is 18.0. The molecule has 3 aromatic heterocycles. The van der Waals surface area contributed by atoms with Gasteiger partial charge in [-0.1, -0.05) is 18.2 Å². The minimum atomic E-state index is -3.79. The van der Waals surface area contributed by atoms with E-state index in [1.54, 1.807) is 41.8 Å². The van der Waals surface area contributed by atoms with Crippen LogP contribution < -0.4 is 0 Å². The maximum atomic E-state index is 13.6. The van der Waals surface area contributed by atoms with E-state index in [2.05, 4.69) is 16.0 Å². The van der Waals surface area contributed by atoms with Gasteiger partial charge in [0.2, 0.25) is 0 Å². The van der Waals surface area contributed by atoms with Crippen molar-refractivity contribution < 1.29 is 13.2 Å². The highest BCUT2D eigenvalue weighted by Crippen LogP contribution is 2.38. The van der Waals surface area contributed by atoms with E-state index in [-0.39, 0.29) is 4.90 Å². The van der Waals surface area contributed by atoms with Crippen LogP contribution in [0.4, 0.5) is 0 Å². The number of aryl methyl sites for hydroxylation is 1. The van der Waals surface area contributed by atoms with Crippen molar-refractivity contribution >= 4 is 32.4 Å². The van der Waals surface area contributed by atoms with E-state index >= 15 is 0 Å². The second-order valence-corrected chi connectivity index (χ2v) is 12.9. The van der Waals surface area contributed by atoms with E-state index in [4.69, 9.17) is 9.72 Å². The third kappa shape index (κ3) is 4.85. The Bertz CT molecular complexity index is 1480. The van der Waals surface area contributed by atoms with E-state index in [0.29, 0.717) is 17.6 Å². The summed E-state index contributed by atoms with van der Waals surface area (Å²) in [5.41, 5.74) is 3.24. The van der Waals surface area contributed by atoms with Crippen LogP contribution in [0.25, 0.3) is 22.3 Å². The van der Waals surface area contributed by atoms with Gasteiger partial charge in [-0.3, -0.25) is 4.90 Å². The Kier molecular flexibility index (Phi) is 6.88. The molecule has 0 N–H and O–H groups in total. The minimum absolute atomic E-state index is 0.246. The average Bonchev–Trinajstić information content (AvgIpc) is 3.42. The second-order valence-electron chi connectivity index (χ2n) is 10.1. The van der Waals surface area contributed by atoms with E-state index in [1.165, 1.54) is 22.4 Å². The molecular formula is C28H32N4O3S2. The molecular weight excluding hydrogens is 504 g/mol. The fraction of sp³-hybridized carbons (Fsp3) is 0.429. The standard InChI is InChI=1S/C28H32N4O3S2/c1-20-30-27(19-36-20)26-18-32(37(33,34)24-6-3-2-4-7-24)28-25(26)16-22(17-29-28)21-8-10-23(11-9-21)31-12-5-14-35-15-13-31/h2-4,6-7,16-19,21,23H,5,8-15H2,1H3/t21-,23-. The summed E-state index contributed by atoms with van der Waals surface area (Å²) in [4.78, 5) is 12.3. The van der Waals surface area contributed by atoms with Crippen molar-refractivity contribution in [1.29, 1.82) is 0 Å². The lowest BCUT2D eigenvalue weighted by atomic mass is 9.81. The summed E-state index contributed by atoms with van der Waals surface area (Å²) < 4.78 is 34.1. The lowest BCUT2D eigenvalue weighted by Crippen LogP contribution is -2.39. The van der Waals surface area contributed by atoms with Crippen molar-refractivity contribution in [2.24, 2.45) is 0 Å². The molecule has 2 aliphatic rings. The first-order valence-corrected chi connectivity index (χ1v) is 15.4. The fourth-order valence-corrected chi connectivity index (χ4v) is 7.76. The third-order valence-electron chi connectivity index (χ3n) is 7.77. The summed E-state index contributed by atoms with van der Waals surface area (Å²) in [7, 11) is -3.79. The summed E-state index contributed by atoms with van der Waals surface area (Å²) in [6.07, 6.45) is 9.26. The van der Waals surface area contributed by atoms with E-state index in [0.717, 1.165) is 67.2 Å². The quantitative estimate of drug-likeness (QED) is 0.337. The van der Waals surface area contributed by atoms with Gasteiger partial charge in [-0.05, 0) is 68.7 Å². The van der Waals surface area contributed by atoms with Crippen molar-refractivity contribution in [3.8, 4) is 11.3 Å². The summed E-state index contributed by atoms with van der Waals surface area (Å²) in [6, 6.07) is 11.3. The summed E-state index contributed by atoms with van der Waals surface area (Å²) in [5.74, 6) is 0.426. The largest absolute Gasteiger partial charge is 0.380 e. The molecule has 7 nitrogen and oxygen atoms in total. The number of ether oxygens (including phenoxy) is 1. The number of rotatable bonds is 5. The van der Waals surface area contributed by atoms with Gasteiger partial charge in [0, 0.05) is 54.5 Å². The summed E-state index contributed by atoms with van der Waals surface area (Å²) in [5, 5.41) is 3.78. The highest BCUT2D eigenvalue weighted by atomic mass is 32.2. The van der Waals surface area contributed by atoms with Crippen molar-refractivity contribution in [3.63, 3.8) is 0 Å². The Morgan fingerprint density at radius 1 is 1.05 bits per heavy atom. The van der Waals surface area contributed by atoms with Crippen molar-refractivity contribution in [2.45, 2.75) is 55.9 Å². The zero-order valence-corrected chi connectivity index (χ0v) is 22.7. The normalized spacial score (nSPS) is 21.8. The molecule has 1 aliphatic carbocycles. The monoisotopic (exact) mass is 536 g/mol. The number of thiazole rings is 1. The van der Waals surface area contributed by atoms with Crippen LogP contribution in [0.5, 0.6) is 0 Å². The number of hydrogen-bond donors (Lipinski definition) is 0. The van der Waals surface area contributed by atoms with Crippen molar-refractivity contribution in [1.82, 2.24) is 18.8 Å². The van der Waals surface area contributed by atoms with E-state index < -0.39 is 10.0 Å². The lowest BCUT2D eigenvalue weighted by Gasteiger charge is -2.36. The topological polar surface area (TPSA) is 77.3 Å². The van der Waals surface area contributed by atoms with Crippen LogP contribution >= 0.6 is 11.3 Å². The molecule has 6 rings (SSSR count). The zero-order valence-electron chi connectivity index (χ0n) is 21.0. The first kappa shape index (κ1) is 24.7. The van der Waals surface area contributed by atoms with Crippen molar-refractivity contribution in [3.05, 3.63) is 64.7 Å². The smallest absolute Gasteiger partial charge is 0.269 e. The molecule has 37 heavy (non-hydrogen) atoms. The molecule has 0 amide bonds. The van der Waals surface area contributed by atoms with Gasteiger partial charge in [-0.25, -0.2) is 22.4 Å². The summed E-state index contributed by atoms with van der Waals surface area (Å²) >= 11 is 1.56. The Morgan fingerprint density at radius 2 is 1.86 bits per heavy atom. The van der Waals surface area contributed by atoms with Gasteiger partial charge < -0.3 is 4.74 Å². The average molecular weight is 537 g/mol. The predicted octanol–water partition coefficient (Wildman–Crippen LogP) is 5.45. The number of hydrogen-bond acceptors (Lipinski definition) is 7. The van der Waals surface area contributed by atoms with Crippen LogP contribution in [-0.4, -0.2) is 59.6 Å². The van der Waals surface area contributed by atoms with E-state index in [1.807, 2.05) is 24.6 Å². The Labute approximate surface area is 222 Å². The summed E-state index contributed by atoms with van der Waals surface area (Å²) in [6.45, 7) is 5.83. The Hall–Kier alpha value is -2.59. The van der Waals surface area contributed by atoms with E-state index in [9.17, 15) is 8.42 Å². The maximum Gasteiger partial charge on any atom is 0.269 e. The number of nitrogens with zero attached hydrogens (tertiary/aromatic N) is 4. The number of pyridine rings is 1. The molecule has 4 heterocycles. The third-order valence-corrected chi connectivity index (χ3v) is 10.2. The fourth-order valence-electron chi connectivity index (χ4n) is 5.80. The van der Waals surface area contributed by atoms with Gasteiger partial charge in [0.1, 0.15) is 0 Å². The number of aromatic nitrogens is 3. The molecule has 1 saturated heterocycles. The van der Waals surface area contributed by atoms with Gasteiger partial charge in [0.05, 0.1) is 22.2 Å². The highest BCUT2D eigenvalue weighted by molar-refractivity contribution is 7.90. The first-order valence-electron chi connectivity index (χ1n) is 13.1. The minimum Gasteiger partial charge on any atom is -0.380 e. The Morgan fingerprint density at radius 3 is 2.62 bits per heavy atom. The van der Waals surface area contributed by atoms with Gasteiger partial charge in [-0.15, -0.1) is 11.3 Å². The number of fused-ring (bicyclic) bond motifs is 1. The van der Waals surface area contributed by atoms with Crippen LogP contribution in [0.3, 0.4) is 0 Å². The molecule has 0 bridgehead atoms. The SMILES string of the molecule is Cc1nc(-c2cn(S(=O)(=O)c3ccccc3)c3ncc([C@H]4CC[C@H](N5CCCOCC5)CC4)cc23)cs1. The predicted molar refractivity (Wildman–Crippen MR) is 147 cm³/mol. The lowest BCUT2D eigenvalue weighted by molar-refractivity contribution is 0.118. The highest BCUT2D eigenvalue weighted by Gasteiger charge is 2.29. The molecule has 194 valence electrons. The van der Waals surface area contributed by atoms with Crippen LogP contribution in [0.2, 0.25) is 0 Å². The molecule has 0 radical (unpaired) electrons. The maximum absolute atomic E-state index is 13.6. The Balaban J connectivity index is 1.34. The molecule has 0 spiro atoms. The molecule has 2 fully saturated rings.